The van der Waals surface area contributed by atoms with E-state index >= 15 is 0 Å². The van der Waals surface area contributed by atoms with E-state index in [1.54, 1.807) is 0 Å². The molecule has 1 aliphatic rings. The van der Waals surface area contributed by atoms with Gasteiger partial charge in [-0.1, -0.05) is 46.5 Å². The second kappa shape index (κ2) is 5.86. The average molecular weight is 212 g/mol. The number of unbranched alkanes of at least 4 members (excludes halogenated alkanes) is 2. The molecule has 1 rings (SSSR count). The predicted octanol–water partition coefficient (Wildman–Crippen LogP) is 3.22. The van der Waals surface area contributed by atoms with Crippen molar-refractivity contribution >= 4 is 0 Å². The van der Waals surface area contributed by atoms with Crippen molar-refractivity contribution in [2.45, 2.75) is 71.8 Å². The zero-order valence-electron chi connectivity index (χ0n) is 10.7. The number of hydrogen-bond acceptors (Lipinski definition) is 2. The Morgan fingerprint density at radius 1 is 1.40 bits per heavy atom. The SMILES string of the molecule is CCCCCC(NN)C1CCCC1(C)C. The van der Waals surface area contributed by atoms with Gasteiger partial charge in [-0.15, -0.1) is 0 Å². The van der Waals surface area contributed by atoms with Gasteiger partial charge < -0.3 is 0 Å². The Labute approximate surface area is 95.0 Å². The van der Waals surface area contributed by atoms with Gasteiger partial charge in [-0.25, -0.2) is 0 Å². The van der Waals surface area contributed by atoms with E-state index in [2.05, 4.69) is 26.2 Å². The maximum Gasteiger partial charge on any atom is 0.0243 e. The van der Waals surface area contributed by atoms with Crippen LogP contribution >= 0.6 is 0 Å². The molecule has 0 radical (unpaired) electrons. The zero-order valence-corrected chi connectivity index (χ0v) is 10.7. The average Bonchev–Trinajstić information content (AvgIpc) is 2.53. The molecule has 0 aliphatic heterocycles. The normalized spacial score (nSPS) is 26.8. The molecule has 0 spiro atoms. The van der Waals surface area contributed by atoms with E-state index in [4.69, 9.17) is 5.84 Å². The lowest BCUT2D eigenvalue weighted by atomic mass is 9.76. The van der Waals surface area contributed by atoms with E-state index in [0.717, 1.165) is 5.92 Å². The Kier molecular flexibility index (Phi) is 5.07. The third kappa shape index (κ3) is 3.46. The second-order valence-electron chi connectivity index (χ2n) is 5.76. The van der Waals surface area contributed by atoms with E-state index in [-0.39, 0.29) is 0 Å². The van der Waals surface area contributed by atoms with Crippen LogP contribution in [0, 0.1) is 11.3 Å². The molecule has 0 heterocycles. The summed E-state index contributed by atoms with van der Waals surface area (Å²) in [4.78, 5) is 0. The highest BCUT2D eigenvalue weighted by Crippen LogP contribution is 2.45. The van der Waals surface area contributed by atoms with Crippen molar-refractivity contribution < 1.29 is 0 Å². The first-order chi connectivity index (χ1) is 7.11. The number of hydrazine groups is 1. The molecule has 90 valence electrons. The van der Waals surface area contributed by atoms with Crippen molar-refractivity contribution in [3.8, 4) is 0 Å². The highest BCUT2D eigenvalue weighted by Gasteiger charge is 2.38. The fraction of sp³-hybridized carbons (Fsp3) is 1.00. The third-order valence-electron chi connectivity index (χ3n) is 4.16. The lowest BCUT2D eigenvalue weighted by Gasteiger charge is -2.33. The van der Waals surface area contributed by atoms with E-state index in [9.17, 15) is 0 Å². The molecule has 0 aromatic carbocycles. The maximum absolute atomic E-state index is 5.71. The van der Waals surface area contributed by atoms with Gasteiger partial charge in [0.1, 0.15) is 0 Å². The highest BCUT2D eigenvalue weighted by atomic mass is 15.2. The lowest BCUT2D eigenvalue weighted by molar-refractivity contribution is 0.188. The van der Waals surface area contributed by atoms with Gasteiger partial charge >= 0.3 is 0 Å². The van der Waals surface area contributed by atoms with Crippen LogP contribution in [0.25, 0.3) is 0 Å². The molecule has 1 saturated carbocycles. The van der Waals surface area contributed by atoms with Crippen molar-refractivity contribution in [3.05, 3.63) is 0 Å². The molecule has 3 N–H and O–H groups in total. The molecule has 1 aliphatic carbocycles. The van der Waals surface area contributed by atoms with E-state index in [0.29, 0.717) is 11.5 Å². The van der Waals surface area contributed by atoms with Crippen molar-refractivity contribution in [1.29, 1.82) is 0 Å². The van der Waals surface area contributed by atoms with Crippen LogP contribution in [-0.4, -0.2) is 6.04 Å². The molecule has 15 heavy (non-hydrogen) atoms. The van der Waals surface area contributed by atoms with Crippen molar-refractivity contribution in [3.63, 3.8) is 0 Å². The van der Waals surface area contributed by atoms with Crippen LogP contribution in [-0.2, 0) is 0 Å². The van der Waals surface area contributed by atoms with Crippen LogP contribution in [0.1, 0.15) is 65.7 Å². The largest absolute Gasteiger partial charge is 0.271 e. The smallest absolute Gasteiger partial charge is 0.0243 e. The summed E-state index contributed by atoms with van der Waals surface area (Å²) in [5, 5.41) is 0. The molecule has 2 atom stereocenters. The number of rotatable bonds is 6. The Bertz CT molecular complexity index is 177. The minimum atomic E-state index is 0.489. The molecular weight excluding hydrogens is 184 g/mol. The molecule has 2 heteroatoms. The molecule has 0 amide bonds. The molecule has 1 fully saturated rings. The fourth-order valence-corrected chi connectivity index (χ4v) is 3.11. The van der Waals surface area contributed by atoms with Crippen molar-refractivity contribution in [2.75, 3.05) is 0 Å². The minimum absolute atomic E-state index is 0.489. The van der Waals surface area contributed by atoms with Crippen LogP contribution in [0.4, 0.5) is 0 Å². The molecule has 0 bridgehead atoms. The first kappa shape index (κ1) is 13.0. The van der Waals surface area contributed by atoms with Gasteiger partial charge in [0, 0.05) is 6.04 Å². The number of nitrogens with one attached hydrogen (secondary N) is 1. The predicted molar refractivity (Wildman–Crippen MR) is 66.4 cm³/mol. The molecular formula is C13H28N2. The van der Waals surface area contributed by atoms with Gasteiger partial charge in [0.25, 0.3) is 0 Å². The van der Waals surface area contributed by atoms with Crippen LogP contribution in [0.5, 0.6) is 0 Å². The lowest BCUT2D eigenvalue weighted by Crippen LogP contribution is -2.44. The first-order valence-corrected chi connectivity index (χ1v) is 6.58. The quantitative estimate of drug-likeness (QED) is 0.403. The number of hydrogen-bond donors (Lipinski definition) is 2. The summed E-state index contributed by atoms with van der Waals surface area (Å²) in [7, 11) is 0. The first-order valence-electron chi connectivity index (χ1n) is 6.58. The van der Waals surface area contributed by atoms with E-state index in [1.807, 2.05) is 0 Å². The van der Waals surface area contributed by atoms with Crippen LogP contribution in [0.2, 0.25) is 0 Å². The van der Waals surface area contributed by atoms with Gasteiger partial charge in [0.15, 0.2) is 0 Å². The van der Waals surface area contributed by atoms with Crippen LogP contribution in [0.3, 0.4) is 0 Å². The Hall–Kier alpha value is -0.0800. The molecule has 0 aromatic rings. The summed E-state index contributed by atoms with van der Waals surface area (Å²) in [5.41, 5.74) is 3.55. The zero-order chi connectivity index (χ0) is 11.3. The van der Waals surface area contributed by atoms with Crippen LogP contribution in [0.15, 0.2) is 0 Å². The fourth-order valence-electron chi connectivity index (χ4n) is 3.11. The Morgan fingerprint density at radius 2 is 2.13 bits per heavy atom. The molecule has 0 aromatic heterocycles. The third-order valence-corrected chi connectivity index (χ3v) is 4.16. The van der Waals surface area contributed by atoms with Crippen molar-refractivity contribution in [2.24, 2.45) is 17.2 Å². The van der Waals surface area contributed by atoms with Gasteiger partial charge in [-0.3, -0.25) is 11.3 Å². The van der Waals surface area contributed by atoms with Gasteiger partial charge in [0.2, 0.25) is 0 Å². The Balaban J connectivity index is 2.43. The summed E-state index contributed by atoms with van der Waals surface area (Å²) in [5.74, 6) is 6.48. The maximum atomic E-state index is 5.71. The van der Waals surface area contributed by atoms with E-state index in [1.165, 1.54) is 44.9 Å². The summed E-state index contributed by atoms with van der Waals surface area (Å²) in [6.45, 7) is 7.05. The summed E-state index contributed by atoms with van der Waals surface area (Å²) in [6, 6.07) is 0.536. The van der Waals surface area contributed by atoms with Gasteiger partial charge in [0.05, 0.1) is 0 Å². The van der Waals surface area contributed by atoms with Gasteiger partial charge in [-0.05, 0) is 30.6 Å². The van der Waals surface area contributed by atoms with Crippen LogP contribution < -0.4 is 11.3 Å². The monoisotopic (exact) mass is 212 g/mol. The second-order valence-corrected chi connectivity index (χ2v) is 5.76. The van der Waals surface area contributed by atoms with Crippen molar-refractivity contribution in [1.82, 2.24) is 5.43 Å². The molecule has 0 saturated heterocycles. The topological polar surface area (TPSA) is 38.0 Å². The van der Waals surface area contributed by atoms with E-state index < -0.39 is 0 Å². The minimum Gasteiger partial charge on any atom is -0.271 e. The van der Waals surface area contributed by atoms with Gasteiger partial charge in [-0.2, -0.15) is 0 Å². The summed E-state index contributed by atoms with van der Waals surface area (Å²) < 4.78 is 0. The summed E-state index contributed by atoms with van der Waals surface area (Å²) in [6.07, 6.45) is 9.30. The standard InChI is InChI=1S/C13H28N2/c1-4-5-6-9-12(15-14)11-8-7-10-13(11,2)3/h11-12,15H,4-10,14H2,1-3H3. The summed E-state index contributed by atoms with van der Waals surface area (Å²) >= 11 is 0. The Morgan fingerprint density at radius 3 is 2.60 bits per heavy atom. The molecule has 2 unspecified atom stereocenters. The highest BCUT2D eigenvalue weighted by molar-refractivity contribution is 4.91. The number of nitrogens with two attached hydrogens (primary N) is 1. The molecule has 2 nitrogen and oxygen atoms in total.